The number of hydrogen-bond acceptors (Lipinski definition) is 5. The largest absolute Gasteiger partial charge is 0.508 e. The summed E-state index contributed by atoms with van der Waals surface area (Å²) >= 11 is 0. The van der Waals surface area contributed by atoms with Crippen LogP contribution < -0.4 is 9.47 Å². The SMILES string of the molecule is CC1=C(c2ccc(O)cc2)C(c2ccc(OCC(C)N3CCC(C)C3)cc2)Oc2ccc(O)cc21. The molecular formula is C30H33NO4. The normalized spacial score (nSPS) is 20.9. The Hall–Kier alpha value is -3.44. The minimum atomic E-state index is -0.323. The van der Waals surface area contributed by atoms with E-state index in [2.05, 4.69) is 30.9 Å². The van der Waals surface area contributed by atoms with Gasteiger partial charge in [-0.25, -0.2) is 0 Å². The number of fused-ring (bicyclic) bond motifs is 1. The van der Waals surface area contributed by atoms with E-state index in [1.165, 1.54) is 6.42 Å². The van der Waals surface area contributed by atoms with Crippen LogP contribution in [0.4, 0.5) is 0 Å². The first kappa shape index (κ1) is 23.3. The van der Waals surface area contributed by atoms with E-state index in [9.17, 15) is 10.2 Å². The summed E-state index contributed by atoms with van der Waals surface area (Å²) in [5.41, 5.74) is 4.89. The van der Waals surface area contributed by atoms with Crippen LogP contribution in [0.2, 0.25) is 0 Å². The summed E-state index contributed by atoms with van der Waals surface area (Å²) in [7, 11) is 0. The molecule has 0 saturated carbocycles. The van der Waals surface area contributed by atoms with Gasteiger partial charge in [0.1, 0.15) is 35.7 Å². The van der Waals surface area contributed by atoms with E-state index in [0.717, 1.165) is 58.3 Å². The van der Waals surface area contributed by atoms with Crippen molar-refractivity contribution in [2.75, 3.05) is 19.7 Å². The van der Waals surface area contributed by atoms with Crippen molar-refractivity contribution < 1.29 is 19.7 Å². The molecule has 2 aliphatic heterocycles. The van der Waals surface area contributed by atoms with Gasteiger partial charge in [-0.3, -0.25) is 4.90 Å². The molecular weight excluding hydrogens is 438 g/mol. The lowest BCUT2D eigenvalue weighted by atomic mass is 9.86. The average Bonchev–Trinajstić information content (AvgIpc) is 3.30. The van der Waals surface area contributed by atoms with Gasteiger partial charge in [-0.2, -0.15) is 0 Å². The zero-order valence-electron chi connectivity index (χ0n) is 20.6. The molecule has 1 saturated heterocycles. The molecule has 3 aromatic carbocycles. The molecule has 3 unspecified atom stereocenters. The Kier molecular flexibility index (Phi) is 6.44. The van der Waals surface area contributed by atoms with Gasteiger partial charge in [0.25, 0.3) is 0 Å². The van der Waals surface area contributed by atoms with Gasteiger partial charge in [-0.05, 0) is 91.9 Å². The van der Waals surface area contributed by atoms with Gasteiger partial charge in [-0.15, -0.1) is 0 Å². The molecule has 5 nitrogen and oxygen atoms in total. The fraction of sp³-hybridized carbons (Fsp3) is 0.333. The third-order valence-corrected chi connectivity index (χ3v) is 7.21. The molecule has 0 spiro atoms. The van der Waals surface area contributed by atoms with E-state index in [4.69, 9.17) is 9.47 Å². The van der Waals surface area contributed by atoms with Crippen molar-refractivity contribution in [3.63, 3.8) is 0 Å². The van der Waals surface area contributed by atoms with Crippen molar-refractivity contribution in [1.82, 2.24) is 4.90 Å². The summed E-state index contributed by atoms with van der Waals surface area (Å²) in [6.07, 6.45) is 0.940. The number of phenols is 2. The Bertz CT molecular complexity index is 1220. The Morgan fingerprint density at radius 1 is 1.00 bits per heavy atom. The zero-order chi connectivity index (χ0) is 24.5. The second-order valence-electron chi connectivity index (χ2n) is 9.88. The smallest absolute Gasteiger partial charge is 0.150 e. The van der Waals surface area contributed by atoms with E-state index in [0.29, 0.717) is 12.6 Å². The third kappa shape index (κ3) is 4.87. The van der Waals surface area contributed by atoms with Crippen molar-refractivity contribution in [3.05, 3.63) is 83.4 Å². The predicted molar refractivity (Wildman–Crippen MR) is 139 cm³/mol. The van der Waals surface area contributed by atoms with E-state index in [-0.39, 0.29) is 17.6 Å². The second-order valence-corrected chi connectivity index (χ2v) is 9.88. The number of phenolic OH excluding ortho intramolecular Hbond substituents is 2. The number of nitrogens with zero attached hydrogens (tertiary/aromatic N) is 1. The highest BCUT2D eigenvalue weighted by Gasteiger charge is 2.30. The number of likely N-dealkylation sites (tertiary alicyclic amines) is 1. The maximum atomic E-state index is 10.1. The minimum Gasteiger partial charge on any atom is -0.508 e. The molecule has 2 heterocycles. The average molecular weight is 472 g/mol. The fourth-order valence-electron chi connectivity index (χ4n) is 5.12. The van der Waals surface area contributed by atoms with E-state index in [1.807, 2.05) is 37.3 Å². The maximum Gasteiger partial charge on any atom is 0.150 e. The molecule has 3 atom stereocenters. The lowest BCUT2D eigenvalue weighted by molar-refractivity contribution is 0.169. The second kappa shape index (κ2) is 9.67. The third-order valence-electron chi connectivity index (χ3n) is 7.21. The Morgan fingerprint density at radius 3 is 2.40 bits per heavy atom. The van der Waals surface area contributed by atoms with Crippen LogP contribution in [0.15, 0.2) is 66.7 Å². The highest BCUT2D eigenvalue weighted by atomic mass is 16.5. The van der Waals surface area contributed by atoms with Crippen LogP contribution >= 0.6 is 0 Å². The lowest BCUT2D eigenvalue weighted by Gasteiger charge is -2.31. The maximum absolute atomic E-state index is 10.1. The molecule has 0 radical (unpaired) electrons. The summed E-state index contributed by atoms with van der Waals surface area (Å²) in [5.74, 6) is 2.77. The first-order valence-corrected chi connectivity index (χ1v) is 12.4. The van der Waals surface area contributed by atoms with Gasteiger partial charge in [-0.1, -0.05) is 31.2 Å². The predicted octanol–water partition coefficient (Wildman–Crippen LogP) is 6.27. The highest BCUT2D eigenvalue weighted by molar-refractivity contribution is 5.95. The van der Waals surface area contributed by atoms with E-state index < -0.39 is 0 Å². The van der Waals surface area contributed by atoms with E-state index >= 15 is 0 Å². The highest BCUT2D eigenvalue weighted by Crippen LogP contribution is 2.47. The minimum absolute atomic E-state index is 0.203. The summed E-state index contributed by atoms with van der Waals surface area (Å²) in [6.45, 7) is 9.55. The van der Waals surface area contributed by atoms with Crippen LogP contribution in [-0.2, 0) is 0 Å². The van der Waals surface area contributed by atoms with Crippen molar-refractivity contribution in [2.24, 2.45) is 5.92 Å². The molecule has 35 heavy (non-hydrogen) atoms. The molecule has 0 bridgehead atoms. The molecule has 3 aromatic rings. The number of ether oxygens (including phenoxy) is 2. The van der Waals surface area contributed by atoms with Crippen LogP contribution in [0.5, 0.6) is 23.0 Å². The molecule has 2 aliphatic rings. The lowest BCUT2D eigenvalue weighted by Crippen LogP contribution is -2.35. The standard InChI is InChI=1S/C30H33NO4/c1-19-14-15-31(17-19)20(2)18-34-26-11-6-23(7-12-26)30-29(22-4-8-24(32)9-5-22)21(3)27-16-25(33)10-13-28(27)35-30/h4-13,16,19-20,30,32-33H,14-15,17-18H2,1-3H3. The first-order valence-electron chi connectivity index (χ1n) is 12.4. The zero-order valence-corrected chi connectivity index (χ0v) is 20.6. The summed E-state index contributed by atoms with van der Waals surface area (Å²) in [6, 6.07) is 20.9. The Balaban J connectivity index is 1.40. The fourth-order valence-corrected chi connectivity index (χ4v) is 5.12. The molecule has 2 N–H and O–H groups in total. The molecule has 5 rings (SSSR count). The molecule has 0 amide bonds. The first-order chi connectivity index (χ1) is 16.9. The molecule has 5 heteroatoms. The van der Waals surface area contributed by atoms with Crippen molar-refractivity contribution >= 4 is 11.1 Å². The van der Waals surface area contributed by atoms with Crippen LogP contribution in [0, 0.1) is 5.92 Å². The van der Waals surface area contributed by atoms with Gasteiger partial charge in [0, 0.05) is 23.7 Å². The quantitative estimate of drug-likeness (QED) is 0.444. The summed E-state index contributed by atoms with van der Waals surface area (Å²) in [4.78, 5) is 2.50. The van der Waals surface area contributed by atoms with Crippen molar-refractivity contribution in [1.29, 1.82) is 0 Å². The molecule has 0 aliphatic carbocycles. The topological polar surface area (TPSA) is 62.2 Å². The van der Waals surface area contributed by atoms with Crippen molar-refractivity contribution in [2.45, 2.75) is 39.3 Å². The van der Waals surface area contributed by atoms with Crippen LogP contribution in [0.1, 0.15) is 50.0 Å². The van der Waals surface area contributed by atoms with Gasteiger partial charge < -0.3 is 19.7 Å². The Labute approximate surface area is 207 Å². The number of rotatable bonds is 6. The molecule has 1 fully saturated rings. The van der Waals surface area contributed by atoms with Gasteiger partial charge in [0.2, 0.25) is 0 Å². The van der Waals surface area contributed by atoms with E-state index in [1.54, 1.807) is 24.3 Å². The number of allylic oxidation sites excluding steroid dienone is 1. The van der Waals surface area contributed by atoms with Crippen molar-refractivity contribution in [3.8, 4) is 23.0 Å². The van der Waals surface area contributed by atoms with Gasteiger partial charge in [0.05, 0.1) is 0 Å². The number of aromatic hydroxyl groups is 2. The van der Waals surface area contributed by atoms with Gasteiger partial charge >= 0.3 is 0 Å². The van der Waals surface area contributed by atoms with Gasteiger partial charge in [0.15, 0.2) is 0 Å². The Morgan fingerprint density at radius 2 is 1.71 bits per heavy atom. The molecule has 182 valence electrons. The van der Waals surface area contributed by atoms with Crippen LogP contribution in [-0.4, -0.2) is 40.9 Å². The number of hydrogen-bond donors (Lipinski definition) is 2. The van der Waals surface area contributed by atoms with Crippen LogP contribution in [0.3, 0.4) is 0 Å². The summed E-state index contributed by atoms with van der Waals surface area (Å²) < 4.78 is 12.6. The van der Waals surface area contributed by atoms with Crippen LogP contribution in [0.25, 0.3) is 11.1 Å². The molecule has 0 aromatic heterocycles. The number of benzene rings is 3. The summed E-state index contributed by atoms with van der Waals surface area (Å²) in [5, 5.41) is 19.9. The monoisotopic (exact) mass is 471 g/mol.